The van der Waals surface area contributed by atoms with Crippen molar-refractivity contribution < 1.29 is 19.1 Å². The highest BCUT2D eigenvalue weighted by Gasteiger charge is 2.43. The molecule has 1 aliphatic carbocycles. The number of carboxylic acid groups (broad SMARTS) is 1. The van der Waals surface area contributed by atoms with Crippen molar-refractivity contribution in [2.45, 2.75) is 57.8 Å². The standard InChI is InChI=1S/C19H26FNO3/c20-16-8-5-7-15(13-16)14-19(10-6-11-19)18(24)21-12-4-2-1-3-9-17(22)23/h5,7-8,13H,1-4,6,9-12,14H2,(H,21,24)(H,22,23). The topological polar surface area (TPSA) is 66.4 Å². The van der Waals surface area contributed by atoms with Crippen LogP contribution in [0.15, 0.2) is 24.3 Å². The molecule has 2 rings (SSSR count). The monoisotopic (exact) mass is 335 g/mol. The predicted molar refractivity (Wildman–Crippen MR) is 90.1 cm³/mol. The predicted octanol–water partition coefficient (Wildman–Crippen LogP) is 3.69. The molecule has 1 aromatic carbocycles. The third kappa shape index (κ3) is 5.32. The molecular weight excluding hydrogens is 309 g/mol. The Morgan fingerprint density at radius 3 is 2.54 bits per heavy atom. The van der Waals surface area contributed by atoms with Gasteiger partial charge in [-0.3, -0.25) is 9.59 Å². The molecule has 2 N–H and O–H groups in total. The Balaban J connectivity index is 1.72. The van der Waals surface area contributed by atoms with Gasteiger partial charge in [0, 0.05) is 13.0 Å². The van der Waals surface area contributed by atoms with Crippen LogP contribution in [0.2, 0.25) is 0 Å². The fraction of sp³-hybridized carbons (Fsp3) is 0.579. The van der Waals surface area contributed by atoms with Gasteiger partial charge in [-0.05, 0) is 49.8 Å². The average Bonchev–Trinajstić information content (AvgIpc) is 2.49. The molecule has 1 fully saturated rings. The van der Waals surface area contributed by atoms with Gasteiger partial charge in [-0.1, -0.05) is 31.4 Å². The van der Waals surface area contributed by atoms with Gasteiger partial charge in [0.1, 0.15) is 5.82 Å². The molecule has 5 heteroatoms. The van der Waals surface area contributed by atoms with Crippen LogP contribution in [-0.4, -0.2) is 23.5 Å². The van der Waals surface area contributed by atoms with Gasteiger partial charge in [-0.25, -0.2) is 4.39 Å². The highest BCUT2D eigenvalue weighted by atomic mass is 19.1. The summed E-state index contributed by atoms with van der Waals surface area (Å²) >= 11 is 0. The maximum Gasteiger partial charge on any atom is 0.303 e. The molecule has 1 amide bonds. The molecule has 132 valence electrons. The summed E-state index contributed by atoms with van der Waals surface area (Å²) in [6.07, 6.45) is 6.90. The lowest BCUT2D eigenvalue weighted by Crippen LogP contribution is -2.47. The van der Waals surface area contributed by atoms with Gasteiger partial charge < -0.3 is 10.4 Å². The van der Waals surface area contributed by atoms with E-state index in [-0.39, 0.29) is 23.6 Å². The normalized spacial score (nSPS) is 15.5. The number of hydrogen-bond acceptors (Lipinski definition) is 2. The Hall–Kier alpha value is -1.91. The van der Waals surface area contributed by atoms with E-state index in [0.717, 1.165) is 44.1 Å². The van der Waals surface area contributed by atoms with E-state index in [2.05, 4.69) is 5.32 Å². The van der Waals surface area contributed by atoms with Crippen molar-refractivity contribution >= 4 is 11.9 Å². The van der Waals surface area contributed by atoms with Crippen molar-refractivity contribution in [3.8, 4) is 0 Å². The lowest BCUT2D eigenvalue weighted by Gasteiger charge is -2.40. The second-order valence-corrected chi connectivity index (χ2v) is 6.75. The van der Waals surface area contributed by atoms with Crippen molar-refractivity contribution in [3.05, 3.63) is 35.6 Å². The van der Waals surface area contributed by atoms with E-state index in [4.69, 9.17) is 5.11 Å². The van der Waals surface area contributed by atoms with Crippen LogP contribution in [-0.2, 0) is 16.0 Å². The fourth-order valence-corrected chi connectivity index (χ4v) is 3.27. The first-order valence-electron chi connectivity index (χ1n) is 8.76. The van der Waals surface area contributed by atoms with E-state index in [1.165, 1.54) is 12.1 Å². The van der Waals surface area contributed by atoms with Crippen molar-refractivity contribution in [2.24, 2.45) is 5.41 Å². The minimum Gasteiger partial charge on any atom is -0.481 e. The van der Waals surface area contributed by atoms with Crippen molar-refractivity contribution in [1.29, 1.82) is 0 Å². The van der Waals surface area contributed by atoms with E-state index < -0.39 is 5.97 Å². The van der Waals surface area contributed by atoms with Crippen LogP contribution >= 0.6 is 0 Å². The molecule has 0 aromatic heterocycles. The minimum atomic E-state index is -0.757. The lowest BCUT2D eigenvalue weighted by atomic mass is 9.64. The average molecular weight is 335 g/mol. The van der Waals surface area contributed by atoms with Gasteiger partial charge in [0.15, 0.2) is 0 Å². The van der Waals surface area contributed by atoms with Gasteiger partial charge in [-0.15, -0.1) is 0 Å². The van der Waals surface area contributed by atoms with Crippen LogP contribution in [0, 0.1) is 11.2 Å². The second-order valence-electron chi connectivity index (χ2n) is 6.75. The molecule has 0 radical (unpaired) electrons. The highest BCUT2D eigenvalue weighted by molar-refractivity contribution is 5.83. The zero-order valence-electron chi connectivity index (χ0n) is 14.0. The van der Waals surface area contributed by atoms with Crippen LogP contribution in [0.4, 0.5) is 4.39 Å². The molecule has 0 aliphatic heterocycles. The van der Waals surface area contributed by atoms with Crippen LogP contribution in [0.1, 0.15) is 56.9 Å². The Morgan fingerprint density at radius 2 is 1.92 bits per heavy atom. The number of carbonyl (C=O) groups is 2. The Morgan fingerprint density at radius 1 is 1.17 bits per heavy atom. The van der Waals surface area contributed by atoms with Crippen molar-refractivity contribution in [2.75, 3.05) is 6.54 Å². The van der Waals surface area contributed by atoms with Gasteiger partial charge in [0.2, 0.25) is 5.91 Å². The van der Waals surface area contributed by atoms with Gasteiger partial charge in [0.05, 0.1) is 5.41 Å². The molecule has 4 nitrogen and oxygen atoms in total. The summed E-state index contributed by atoms with van der Waals surface area (Å²) < 4.78 is 13.3. The maximum absolute atomic E-state index is 13.3. The summed E-state index contributed by atoms with van der Waals surface area (Å²) in [7, 11) is 0. The van der Waals surface area contributed by atoms with Crippen molar-refractivity contribution in [3.63, 3.8) is 0 Å². The number of carboxylic acids is 1. The number of nitrogens with one attached hydrogen (secondary N) is 1. The largest absolute Gasteiger partial charge is 0.481 e. The number of benzene rings is 1. The molecule has 0 heterocycles. The second kappa shape index (κ2) is 8.81. The molecule has 0 atom stereocenters. The first-order chi connectivity index (χ1) is 11.5. The molecule has 1 aliphatic rings. The minimum absolute atomic E-state index is 0.0727. The quantitative estimate of drug-likeness (QED) is 0.641. The number of unbranched alkanes of at least 4 members (excludes halogenated alkanes) is 3. The van der Waals surface area contributed by atoms with E-state index in [0.29, 0.717) is 19.4 Å². The number of hydrogen-bond donors (Lipinski definition) is 2. The summed E-state index contributed by atoms with van der Waals surface area (Å²) in [5.74, 6) is -0.945. The Bertz CT molecular complexity index is 569. The van der Waals surface area contributed by atoms with E-state index >= 15 is 0 Å². The smallest absolute Gasteiger partial charge is 0.303 e. The molecule has 0 spiro atoms. The molecule has 0 bridgehead atoms. The molecule has 0 saturated heterocycles. The van der Waals surface area contributed by atoms with Crippen molar-refractivity contribution in [1.82, 2.24) is 5.32 Å². The van der Waals surface area contributed by atoms with E-state index in [1.807, 2.05) is 6.07 Å². The molecule has 24 heavy (non-hydrogen) atoms. The third-order valence-corrected chi connectivity index (χ3v) is 4.83. The first-order valence-corrected chi connectivity index (χ1v) is 8.76. The fourth-order valence-electron chi connectivity index (χ4n) is 3.27. The molecule has 1 saturated carbocycles. The molecule has 1 aromatic rings. The summed E-state index contributed by atoms with van der Waals surface area (Å²) in [5.41, 5.74) is 0.496. The van der Waals surface area contributed by atoms with Crippen LogP contribution < -0.4 is 5.32 Å². The summed E-state index contributed by atoms with van der Waals surface area (Å²) in [6, 6.07) is 6.49. The van der Waals surface area contributed by atoms with Crippen LogP contribution in [0.25, 0.3) is 0 Å². The zero-order chi connectivity index (χ0) is 17.4. The van der Waals surface area contributed by atoms with Gasteiger partial charge >= 0.3 is 5.97 Å². The highest BCUT2D eigenvalue weighted by Crippen LogP contribution is 2.44. The number of carbonyl (C=O) groups excluding carboxylic acids is 1. The first kappa shape index (κ1) is 18.4. The van der Waals surface area contributed by atoms with Crippen LogP contribution in [0.3, 0.4) is 0 Å². The van der Waals surface area contributed by atoms with E-state index in [1.54, 1.807) is 6.07 Å². The lowest BCUT2D eigenvalue weighted by molar-refractivity contribution is -0.137. The zero-order valence-corrected chi connectivity index (χ0v) is 14.0. The molecule has 0 unspecified atom stereocenters. The Kier molecular flexibility index (Phi) is 6.76. The number of aliphatic carboxylic acids is 1. The third-order valence-electron chi connectivity index (χ3n) is 4.83. The SMILES string of the molecule is O=C(O)CCCCCCNC(=O)C1(Cc2cccc(F)c2)CCC1. The van der Waals surface area contributed by atoms with Gasteiger partial charge in [0.25, 0.3) is 0 Å². The number of rotatable bonds is 10. The molecular formula is C19H26FNO3. The van der Waals surface area contributed by atoms with Crippen LogP contribution in [0.5, 0.6) is 0 Å². The summed E-state index contributed by atoms with van der Waals surface area (Å²) in [4.78, 5) is 23.0. The Labute approximate surface area is 142 Å². The number of amides is 1. The maximum atomic E-state index is 13.3. The van der Waals surface area contributed by atoms with E-state index in [9.17, 15) is 14.0 Å². The summed E-state index contributed by atoms with van der Waals surface area (Å²) in [6.45, 7) is 0.622. The summed E-state index contributed by atoms with van der Waals surface area (Å²) in [5, 5.41) is 11.6. The van der Waals surface area contributed by atoms with Gasteiger partial charge in [-0.2, -0.15) is 0 Å². The number of halogens is 1.